The number of carbonyl (C=O) groups excluding carboxylic acids is 1. The van der Waals surface area contributed by atoms with Gasteiger partial charge in [0.25, 0.3) is 0 Å². The molecule has 1 fully saturated rings. The molecule has 0 amide bonds. The van der Waals surface area contributed by atoms with E-state index in [0.717, 1.165) is 5.56 Å². The van der Waals surface area contributed by atoms with E-state index in [1.807, 2.05) is 0 Å². The summed E-state index contributed by atoms with van der Waals surface area (Å²) < 4.78 is 5.31. The molecule has 0 saturated carbocycles. The first kappa shape index (κ1) is 10.9. The third-order valence-electron chi connectivity index (χ3n) is 3.42. The average molecular weight is 254 g/mol. The molecular formula is C11H12ClN3O2. The zero-order valence-corrected chi connectivity index (χ0v) is 9.96. The summed E-state index contributed by atoms with van der Waals surface area (Å²) in [6.07, 6.45) is 3.36. The fourth-order valence-corrected chi connectivity index (χ4v) is 2.52. The van der Waals surface area contributed by atoms with Crippen LogP contribution in [0.15, 0.2) is 6.20 Å². The Kier molecular flexibility index (Phi) is 2.52. The van der Waals surface area contributed by atoms with E-state index in [2.05, 4.69) is 15.3 Å². The predicted octanol–water partition coefficient (Wildman–Crippen LogP) is 1.22. The molecule has 0 aromatic carbocycles. The molecule has 1 aromatic rings. The Hall–Kier alpha value is -1.20. The van der Waals surface area contributed by atoms with Crippen LogP contribution in [0.3, 0.4) is 0 Å². The van der Waals surface area contributed by atoms with Gasteiger partial charge in [-0.05, 0) is 11.6 Å². The van der Waals surface area contributed by atoms with E-state index in [1.165, 1.54) is 0 Å². The maximum atomic E-state index is 12.2. The first-order valence-corrected chi connectivity index (χ1v) is 5.98. The molecule has 0 aliphatic carbocycles. The SMILES string of the molecule is O=C1Cc2cnc(Cl)nc2NC12CCOCC2. The summed E-state index contributed by atoms with van der Waals surface area (Å²) in [5, 5.41) is 3.44. The number of aromatic nitrogens is 2. The molecule has 2 aliphatic heterocycles. The molecule has 0 radical (unpaired) electrons. The lowest BCUT2D eigenvalue weighted by Gasteiger charge is -2.40. The fourth-order valence-electron chi connectivity index (χ4n) is 2.39. The van der Waals surface area contributed by atoms with Crippen molar-refractivity contribution in [2.45, 2.75) is 24.8 Å². The molecule has 17 heavy (non-hydrogen) atoms. The number of hydrogen-bond donors (Lipinski definition) is 1. The number of Topliss-reactive ketones (excluding diaryl/α,β-unsaturated/α-hetero) is 1. The molecule has 1 N–H and O–H groups in total. The Bertz CT molecular complexity index is 472. The van der Waals surface area contributed by atoms with Gasteiger partial charge in [0.05, 0.1) is 0 Å². The van der Waals surface area contributed by atoms with Gasteiger partial charge in [-0.3, -0.25) is 4.79 Å². The van der Waals surface area contributed by atoms with E-state index in [9.17, 15) is 4.79 Å². The van der Waals surface area contributed by atoms with Crippen LogP contribution in [0.25, 0.3) is 0 Å². The van der Waals surface area contributed by atoms with Gasteiger partial charge in [0.2, 0.25) is 5.28 Å². The highest BCUT2D eigenvalue weighted by atomic mass is 35.5. The Morgan fingerprint density at radius 3 is 2.94 bits per heavy atom. The summed E-state index contributed by atoms with van der Waals surface area (Å²) in [5.41, 5.74) is 0.305. The van der Waals surface area contributed by atoms with Crippen molar-refractivity contribution >= 4 is 23.2 Å². The highest BCUT2D eigenvalue weighted by molar-refractivity contribution is 6.28. The Morgan fingerprint density at radius 1 is 1.41 bits per heavy atom. The summed E-state index contributed by atoms with van der Waals surface area (Å²) in [6, 6.07) is 0. The van der Waals surface area contributed by atoms with Crippen molar-refractivity contribution < 1.29 is 9.53 Å². The van der Waals surface area contributed by atoms with E-state index in [1.54, 1.807) is 6.20 Å². The molecule has 0 unspecified atom stereocenters. The van der Waals surface area contributed by atoms with Crippen molar-refractivity contribution in [2.24, 2.45) is 0 Å². The molecule has 3 heterocycles. The summed E-state index contributed by atoms with van der Waals surface area (Å²) in [4.78, 5) is 20.3. The Morgan fingerprint density at radius 2 is 2.18 bits per heavy atom. The van der Waals surface area contributed by atoms with Gasteiger partial charge in [-0.2, -0.15) is 0 Å². The van der Waals surface area contributed by atoms with E-state index in [0.29, 0.717) is 38.3 Å². The second-order valence-electron chi connectivity index (χ2n) is 4.43. The van der Waals surface area contributed by atoms with Gasteiger partial charge in [0, 0.05) is 44.2 Å². The second kappa shape index (κ2) is 3.92. The minimum Gasteiger partial charge on any atom is -0.381 e. The molecule has 0 atom stereocenters. The first-order chi connectivity index (χ1) is 8.20. The van der Waals surface area contributed by atoms with Crippen LogP contribution in [0.5, 0.6) is 0 Å². The molecule has 90 valence electrons. The smallest absolute Gasteiger partial charge is 0.224 e. The normalized spacial score (nSPS) is 22.1. The van der Waals surface area contributed by atoms with Crippen LogP contribution < -0.4 is 5.32 Å². The van der Waals surface area contributed by atoms with Crippen LogP contribution >= 0.6 is 11.6 Å². The summed E-state index contributed by atoms with van der Waals surface area (Å²) in [7, 11) is 0. The van der Waals surface area contributed by atoms with Crippen molar-refractivity contribution in [3.05, 3.63) is 17.0 Å². The number of hydrogen-bond acceptors (Lipinski definition) is 5. The molecular weight excluding hydrogens is 242 g/mol. The van der Waals surface area contributed by atoms with Gasteiger partial charge >= 0.3 is 0 Å². The number of nitrogens with one attached hydrogen (secondary N) is 1. The maximum Gasteiger partial charge on any atom is 0.224 e. The van der Waals surface area contributed by atoms with E-state index >= 15 is 0 Å². The summed E-state index contributed by atoms with van der Waals surface area (Å²) in [6.45, 7) is 1.21. The standard InChI is InChI=1S/C11H12ClN3O2/c12-10-13-6-7-5-8(16)11(15-9(7)14-10)1-3-17-4-2-11/h6H,1-5H2,(H,13,14,15). The van der Waals surface area contributed by atoms with Crippen LogP contribution in [0, 0.1) is 0 Å². The largest absolute Gasteiger partial charge is 0.381 e. The topological polar surface area (TPSA) is 64.1 Å². The lowest BCUT2D eigenvalue weighted by molar-refractivity contribution is -0.126. The molecule has 1 spiro atoms. The van der Waals surface area contributed by atoms with Gasteiger partial charge in [0.1, 0.15) is 11.4 Å². The molecule has 5 nitrogen and oxygen atoms in total. The monoisotopic (exact) mass is 253 g/mol. The third-order valence-corrected chi connectivity index (χ3v) is 3.61. The molecule has 1 saturated heterocycles. The van der Waals surface area contributed by atoms with Crippen molar-refractivity contribution in [2.75, 3.05) is 18.5 Å². The van der Waals surface area contributed by atoms with Crippen molar-refractivity contribution in [3.8, 4) is 0 Å². The van der Waals surface area contributed by atoms with Crippen LogP contribution in [0.2, 0.25) is 5.28 Å². The molecule has 3 rings (SSSR count). The Labute approximate surface area is 104 Å². The highest BCUT2D eigenvalue weighted by Gasteiger charge is 2.43. The summed E-state index contributed by atoms with van der Waals surface area (Å²) in [5.74, 6) is 0.880. The van der Waals surface area contributed by atoms with Crippen molar-refractivity contribution in [1.29, 1.82) is 0 Å². The zero-order valence-electron chi connectivity index (χ0n) is 9.20. The number of carbonyl (C=O) groups is 1. The number of rotatable bonds is 0. The van der Waals surface area contributed by atoms with Gasteiger partial charge in [-0.25, -0.2) is 9.97 Å². The van der Waals surface area contributed by atoms with E-state index < -0.39 is 5.54 Å². The lowest BCUT2D eigenvalue weighted by atomic mass is 9.80. The lowest BCUT2D eigenvalue weighted by Crippen LogP contribution is -2.53. The van der Waals surface area contributed by atoms with Gasteiger partial charge < -0.3 is 10.1 Å². The molecule has 1 aromatic heterocycles. The molecule has 6 heteroatoms. The number of ether oxygens (including phenoxy) is 1. The fraction of sp³-hybridized carbons (Fsp3) is 0.545. The van der Waals surface area contributed by atoms with Crippen molar-refractivity contribution in [3.63, 3.8) is 0 Å². The predicted molar refractivity (Wildman–Crippen MR) is 62.2 cm³/mol. The number of halogens is 1. The minimum absolute atomic E-state index is 0.194. The highest BCUT2D eigenvalue weighted by Crippen LogP contribution is 2.33. The van der Waals surface area contributed by atoms with Gasteiger partial charge in [-0.15, -0.1) is 0 Å². The zero-order chi connectivity index (χ0) is 11.9. The Balaban J connectivity index is 1.98. The number of nitrogens with zero attached hydrogens (tertiary/aromatic N) is 2. The number of fused-ring (bicyclic) bond motifs is 1. The maximum absolute atomic E-state index is 12.2. The van der Waals surface area contributed by atoms with Crippen LogP contribution in [0.4, 0.5) is 5.82 Å². The second-order valence-corrected chi connectivity index (χ2v) is 4.77. The molecule has 0 bridgehead atoms. The first-order valence-electron chi connectivity index (χ1n) is 5.60. The van der Waals surface area contributed by atoms with Crippen LogP contribution in [-0.2, 0) is 16.0 Å². The average Bonchev–Trinajstić information content (AvgIpc) is 2.32. The third kappa shape index (κ3) is 1.79. The van der Waals surface area contributed by atoms with E-state index in [4.69, 9.17) is 16.3 Å². The molecule has 2 aliphatic rings. The minimum atomic E-state index is -0.511. The van der Waals surface area contributed by atoms with Gasteiger partial charge in [-0.1, -0.05) is 0 Å². The number of anilines is 1. The van der Waals surface area contributed by atoms with E-state index in [-0.39, 0.29) is 11.1 Å². The quantitative estimate of drug-likeness (QED) is 0.705. The summed E-state index contributed by atoms with van der Waals surface area (Å²) >= 11 is 5.77. The van der Waals surface area contributed by atoms with Crippen LogP contribution in [-0.4, -0.2) is 34.5 Å². The van der Waals surface area contributed by atoms with Gasteiger partial charge in [0.15, 0.2) is 5.78 Å². The van der Waals surface area contributed by atoms with Crippen molar-refractivity contribution in [1.82, 2.24) is 9.97 Å². The van der Waals surface area contributed by atoms with Crippen LogP contribution in [0.1, 0.15) is 18.4 Å². The number of ketones is 1.